The highest BCUT2D eigenvalue weighted by atomic mass is 16.6. The molecule has 20 heavy (non-hydrogen) atoms. The summed E-state index contributed by atoms with van der Waals surface area (Å²) in [4.78, 5) is 33.7. The van der Waals surface area contributed by atoms with Gasteiger partial charge in [0.2, 0.25) is 5.91 Å². The second kappa shape index (κ2) is 7.22. The Kier molecular flexibility index (Phi) is 5.64. The fraction of sp³-hybridized carbons (Fsp3) is 0.385. The van der Waals surface area contributed by atoms with Crippen molar-refractivity contribution < 1.29 is 19.6 Å². The maximum absolute atomic E-state index is 11.9. The molecule has 108 valence electrons. The lowest BCUT2D eigenvalue weighted by Gasteiger charge is -2.16. The van der Waals surface area contributed by atoms with E-state index in [0.29, 0.717) is 18.5 Å². The number of nitro benzene ring substituents is 1. The normalized spacial score (nSPS) is 10.1. The molecule has 0 aliphatic heterocycles. The van der Waals surface area contributed by atoms with Gasteiger partial charge in [-0.1, -0.05) is 12.1 Å². The van der Waals surface area contributed by atoms with E-state index in [1.165, 1.54) is 17.0 Å². The van der Waals surface area contributed by atoms with Gasteiger partial charge in [-0.3, -0.25) is 19.7 Å². The van der Waals surface area contributed by atoms with Crippen LogP contribution in [0.5, 0.6) is 0 Å². The van der Waals surface area contributed by atoms with Gasteiger partial charge in [0.15, 0.2) is 0 Å². The van der Waals surface area contributed by atoms with E-state index in [-0.39, 0.29) is 24.4 Å². The third-order valence-electron chi connectivity index (χ3n) is 2.81. The number of hydrogen-bond acceptors (Lipinski definition) is 4. The van der Waals surface area contributed by atoms with Gasteiger partial charge in [0.1, 0.15) is 0 Å². The summed E-state index contributed by atoms with van der Waals surface area (Å²) in [5.74, 6) is -1.04. The predicted octanol–water partition coefficient (Wildman–Crippen LogP) is 1.46. The van der Waals surface area contributed by atoms with Crippen LogP contribution in [-0.2, 0) is 16.0 Å². The smallest absolute Gasteiger partial charge is 0.303 e. The fourth-order valence-corrected chi connectivity index (χ4v) is 1.64. The average molecular weight is 280 g/mol. The van der Waals surface area contributed by atoms with Crippen molar-refractivity contribution in [3.8, 4) is 0 Å². The van der Waals surface area contributed by atoms with Crippen LogP contribution in [0.1, 0.15) is 18.4 Å². The molecule has 0 bridgehead atoms. The van der Waals surface area contributed by atoms with Gasteiger partial charge in [-0.2, -0.15) is 0 Å². The van der Waals surface area contributed by atoms with Crippen molar-refractivity contribution in [2.24, 2.45) is 0 Å². The van der Waals surface area contributed by atoms with Crippen molar-refractivity contribution in [1.29, 1.82) is 0 Å². The number of nitrogens with zero attached hydrogens (tertiary/aromatic N) is 2. The second-order valence-corrected chi connectivity index (χ2v) is 4.41. The molecule has 1 rings (SSSR count). The van der Waals surface area contributed by atoms with Gasteiger partial charge in [0.25, 0.3) is 5.69 Å². The Bertz CT molecular complexity index is 498. The zero-order chi connectivity index (χ0) is 15.1. The Hall–Kier alpha value is -2.44. The van der Waals surface area contributed by atoms with E-state index in [2.05, 4.69) is 0 Å². The molecule has 1 amide bonds. The van der Waals surface area contributed by atoms with Crippen LogP contribution in [-0.4, -0.2) is 40.4 Å². The molecule has 0 aliphatic carbocycles. The van der Waals surface area contributed by atoms with Crippen LogP contribution in [0.25, 0.3) is 0 Å². The minimum atomic E-state index is -0.888. The van der Waals surface area contributed by atoms with Crippen LogP contribution in [0.4, 0.5) is 5.69 Å². The number of carboxylic acids is 1. The summed E-state index contributed by atoms with van der Waals surface area (Å²) in [6, 6.07) is 5.79. The Balaban J connectivity index is 2.48. The van der Waals surface area contributed by atoms with E-state index in [1.807, 2.05) is 0 Å². The van der Waals surface area contributed by atoms with E-state index in [0.717, 1.165) is 0 Å². The lowest BCUT2D eigenvalue weighted by Crippen LogP contribution is -2.29. The zero-order valence-electron chi connectivity index (χ0n) is 11.1. The SMILES string of the molecule is CN(CCCC(=O)O)C(=O)Cc1ccc([N+](=O)[O-])cc1. The van der Waals surface area contributed by atoms with E-state index in [9.17, 15) is 19.7 Å². The maximum Gasteiger partial charge on any atom is 0.303 e. The van der Waals surface area contributed by atoms with Crippen molar-refractivity contribution in [2.75, 3.05) is 13.6 Å². The van der Waals surface area contributed by atoms with Gasteiger partial charge in [0.05, 0.1) is 11.3 Å². The van der Waals surface area contributed by atoms with Gasteiger partial charge in [-0.25, -0.2) is 0 Å². The molecule has 1 N–H and O–H groups in total. The second-order valence-electron chi connectivity index (χ2n) is 4.41. The summed E-state index contributed by atoms with van der Waals surface area (Å²) in [6.07, 6.45) is 0.564. The number of amides is 1. The van der Waals surface area contributed by atoms with E-state index in [1.54, 1.807) is 19.2 Å². The Labute approximate surface area is 116 Å². The monoisotopic (exact) mass is 280 g/mol. The molecule has 0 spiro atoms. The summed E-state index contributed by atoms with van der Waals surface area (Å²) in [7, 11) is 1.61. The van der Waals surface area contributed by atoms with Crippen molar-refractivity contribution in [3.63, 3.8) is 0 Å². The van der Waals surface area contributed by atoms with Crippen molar-refractivity contribution in [1.82, 2.24) is 4.90 Å². The highest BCUT2D eigenvalue weighted by molar-refractivity contribution is 5.78. The number of rotatable bonds is 7. The summed E-state index contributed by atoms with van der Waals surface area (Å²) >= 11 is 0. The molecule has 7 heteroatoms. The summed E-state index contributed by atoms with van der Waals surface area (Å²) in [5.41, 5.74) is 0.668. The van der Waals surface area contributed by atoms with Crippen LogP contribution in [0.15, 0.2) is 24.3 Å². The zero-order valence-corrected chi connectivity index (χ0v) is 11.1. The van der Waals surface area contributed by atoms with Crippen LogP contribution in [0.2, 0.25) is 0 Å². The molecule has 0 fully saturated rings. The number of hydrogen-bond donors (Lipinski definition) is 1. The molecule has 1 aromatic carbocycles. The molecule has 0 atom stereocenters. The number of aliphatic carboxylic acids is 1. The van der Waals surface area contributed by atoms with Crippen LogP contribution in [0.3, 0.4) is 0 Å². The van der Waals surface area contributed by atoms with E-state index < -0.39 is 10.9 Å². The highest BCUT2D eigenvalue weighted by Crippen LogP contribution is 2.12. The minimum absolute atomic E-state index is 0.0176. The molecule has 0 heterocycles. The van der Waals surface area contributed by atoms with Crippen LogP contribution >= 0.6 is 0 Å². The number of likely N-dealkylation sites (N-methyl/N-ethyl adjacent to an activating group) is 1. The quantitative estimate of drug-likeness (QED) is 0.602. The topological polar surface area (TPSA) is 101 Å². The number of benzene rings is 1. The Morgan fingerprint density at radius 1 is 1.30 bits per heavy atom. The Morgan fingerprint density at radius 3 is 2.40 bits per heavy atom. The molecule has 0 aromatic heterocycles. The number of non-ortho nitro benzene ring substituents is 1. The largest absolute Gasteiger partial charge is 0.481 e. The van der Waals surface area contributed by atoms with Gasteiger partial charge in [0, 0.05) is 32.1 Å². The van der Waals surface area contributed by atoms with Crippen molar-refractivity contribution >= 4 is 17.6 Å². The van der Waals surface area contributed by atoms with Crippen molar-refractivity contribution in [3.05, 3.63) is 39.9 Å². The lowest BCUT2D eigenvalue weighted by molar-refractivity contribution is -0.384. The molecule has 0 saturated heterocycles. The third kappa shape index (κ3) is 5.05. The highest BCUT2D eigenvalue weighted by Gasteiger charge is 2.11. The fourth-order valence-electron chi connectivity index (χ4n) is 1.64. The van der Waals surface area contributed by atoms with Crippen LogP contribution < -0.4 is 0 Å². The molecule has 1 aromatic rings. The molecule has 7 nitrogen and oxygen atoms in total. The molecule has 0 unspecified atom stereocenters. The Morgan fingerprint density at radius 2 is 1.90 bits per heavy atom. The maximum atomic E-state index is 11.9. The van der Waals surface area contributed by atoms with Gasteiger partial charge in [-0.15, -0.1) is 0 Å². The van der Waals surface area contributed by atoms with Gasteiger partial charge in [-0.05, 0) is 12.0 Å². The molecule has 0 aliphatic rings. The number of carbonyl (C=O) groups is 2. The molecular formula is C13H16N2O5. The standard InChI is InChI=1S/C13H16N2O5/c1-14(8-2-3-13(17)18)12(16)9-10-4-6-11(7-5-10)15(19)20/h4-7H,2-3,8-9H2,1H3,(H,17,18). The van der Waals surface area contributed by atoms with E-state index >= 15 is 0 Å². The van der Waals surface area contributed by atoms with Gasteiger partial charge >= 0.3 is 5.97 Å². The molecule has 0 radical (unpaired) electrons. The predicted molar refractivity (Wildman–Crippen MR) is 71.3 cm³/mol. The average Bonchev–Trinajstić information content (AvgIpc) is 2.38. The first-order valence-electron chi connectivity index (χ1n) is 6.09. The first-order chi connectivity index (χ1) is 9.40. The molecule has 0 saturated carbocycles. The first kappa shape index (κ1) is 15.6. The summed E-state index contributed by atoms with van der Waals surface area (Å²) in [6.45, 7) is 0.373. The number of nitro groups is 1. The summed E-state index contributed by atoms with van der Waals surface area (Å²) in [5, 5.41) is 19.0. The van der Waals surface area contributed by atoms with E-state index in [4.69, 9.17) is 5.11 Å². The lowest BCUT2D eigenvalue weighted by atomic mass is 10.1. The van der Waals surface area contributed by atoms with Gasteiger partial charge < -0.3 is 10.0 Å². The first-order valence-corrected chi connectivity index (χ1v) is 6.09. The summed E-state index contributed by atoms with van der Waals surface area (Å²) < 4.78 is 0. The number of carbonyl (C=O) groups excluding carboxylic acids is 1. The third-order valence-corrected chi connectivity index (χ3v) is 2.81. The number of carboxylic acid groups (broad SMARTS) is 1. The molecular weight excluding hydrogens is 264 g/mol. The van der Waals surface area contributed by atoms with Crippen LogP contribution in [0, 0.1) is 10.1 Å². The minimum Gasteiger partial charge on any atom is -0.481 e. The van der Waals surface area contributed by atoms with Crippen molar-refractivity contribution in [2.45, 2.75) is 19.3 Å².